The van der Waals surface area contributed by atoms with Crippen LogP contribution in [0.15, 0.2) is 18.2 Å². The van der Waals surface area contributed by atoms with Crippen molar-refractivity contribution in [3.8, 4) is 0 Å². The predicted octanol–water partition coefficient (Wildman–Crippen LogP) is 2.09. The Morgan fingerprint density at radius 3 is 2.67 bits per heavy atom. The molecule has 0 fully saturated rings. The number of amides is 1. The summed E-state index contributed by atoms with van der Waals surface area (Å²) in [5.41, 5.74) is -0.756. The molecule has 0 saturated carbocycles. The summed E-state index contributed by atoms with van der Waals surface area (Å²) in [4.78, 5) is 29.8. The lowest BCUT2D eigenvalue weighted by atomic mass is 10.3. The fraction of sp³-hybridized carbons (Fsp3) is 0.182. The van der Waals surface area contributed by atoms with Gasteiger partial charge in [0.05, 0.1) is 10.7 Å². The van der Waals surface area contributed by atoms with E-state index in [9.17, 15) is 18.1 Å². The highest BCUT2D eigenvalue weighted by Gasteiger charge is 2.25. The minimum Gasteiger partial charge on any atom is -0.319 e. The Kier molecular flexibility index (Phi) is 5.31. The summed E-state index contributed by atoms with van der Waals surface area (Å²) >= 11 is 5.73. The molecule has 0 radical (unpaired) electrons. The molecule has 1 aromatic heterocycles. The van der Waals surface area contributed by atoms with Gasteiger partial charge in [0, 0.05) is 0 Å². The number of benzene rings is 1. The molecule has 3 N–H and O–H groups in total. The monoisotopic (exact) mass is 382 g/mol. The third kappa shape index (κ3) is 4.56. The summed E-state index contributed by atoms with van der Waals surface area (Å²) in [6, 6.07) is 3.14. The maximum absolute atomic E-state index is 13.7. The van der Waals surface area contributed by atoms with E-state index in [1.807, 2.05) is 0 Å². The van der Waals surface area contributed by atoms with Gasteiger partial charge in [-0.15, -0.1) is 10.2 Å². The number of hydrogen-bond donors (Lipinski definition) is 3. The number of hydrogen-bond acceptors (Lipinski definition) is 5. The van der Waals surface area contributed by atoms with Crippen LogP contribution in [0, 0.1) is 11.8 Å². The van der Waals surface area contributed by atoms with Crippen molar-refractivity contribution < 1.29 is 32.5 Å². The molecule has 0 saturated heterocycles. The minimum absolute atomic E-state index is 0.0107. The minimum atomic E-state index is -4.86. The van der Waals surface area contributed by atoms with Gasteiger partial charge in [0.25, 0.3) is 11.9 Å². The normalized spacial score (nSPS) is 12.9. The number of nitrogens with one attached hydrogen (secondary N) is 1. The van der Waals surface area contributed by atoms with Crippen molar-refractivity contribution in [2.75, 3.05) is 5.32 Å². The molecule has 9 nitrogen and oxygen atoms in total. The number of phosphoric acid groups is 1. The van der Waals surface area contributed by atoms with E-state index in [0.717, 1.165) is 25.1 Å². The average molecular weight is 383 g/mol. The summed E-state index contributed by atoms with van der Waals surface area (Å²) in [6.07, 6.45) is -1.43. The van der Waals surface area contributed by atoms with E-state index < -0.39 is 37.4 Å². The van der Waals surface area contributed by atoms with Gasteiger partial charge in [0.1, 0.15) is 5.82 Å². The Labute approximate surface area is 138 Å². The molecule has 2 aromatic rings. The van der Waals surface area contributed by atoms with Gasteiger partial charge in [-0.25, -0.2) is 8.96 Å². The van der Waals surface area contributed by atoms with Crippen LogP contribution in [-0.2, 0) is 9.09 Å². The standard InChI is InChI=1S/C11H10ClF2N4O5P/c1-5(23-24(20,21)22)18-16-9(10(14)17-18)11(19)15-8-3-2-6(13)4-7(8)12/h2-5H,1H3,(H,15,19)(H2,20,21,22). The van der Waals surface area contributed by atoms with E-state index >= 15 is 0 Å². The van der Waals surface area contributed by atoms with Gasteiger partial charge in [-0.05, 0) is 25.1 Å². The van der Waals surface area contributed by atoms with Gasteiger partial charge in [-0.2, -0.15) is 9.19 Å². The van der Waals surface area contributed by atoms with Crippen molar-refractivity contribution in [3.63, 3.8) is 0 Å². The van der Waals surface area contributed by atoms with E-state index in [2.05, 4.69) is 20.0 Å². The second kappa shape index (κ2) is 6.91. The quantitative estimate of drug-likeness (QED) is 0.676. The molecule has 0 spiro atoms. The van der Waals surface area contributed by atoms with Crippen LogP contribution in [0.4, 0.5) is 14.5 Å². The maximum Gasteiger partial charge on any atom is 0.471 e. The Hall–Kier alpha value is -1.91. The van der Waals surface area contributed by atoms with Gasteiger partial charge in [-0.3, -0.25) is 9.32 Å². The lowest BCUT2D eigenvalue weighted by Crippen LogP contribution is -2.16. The Bertz CT molecular complexity index is 827. The Morgan fingerprint density at radius 1 is 1.42 bits per heavy atom. The molecule has 0 bridgehead atoms. The number of aromatic nitrogens is 3. The third-order valence-corrected chi connectivity index (χ3v) is 3.49. The van der Waals surface area contributed by atoms with Crippen molar-refractivity contribution >= 4 is 31.0 Å². The number of rotatable bonds is 5. The van der Waals surface area contributed by atoms with Crippen LogP contribution < -0.4 is 5.32 Å². The summed E-state index contributed by atoms with van der Waals surface area (Å²) in [5, 5.41) is 8.77. The molecule has 13 heteroatoms. The van der Waals surface area contributed by atoms with Gasteiger partial charge >= 0.3 is 7.82 Å². The number of phosphoric ester groups is 1. The maximum atomic E-state index is 13.7. The third-order valence-electron chi connectivity index (χ3n) is 2.60. The SMILES string of the molecule is CC(OP(=O)(O)O)n1nc(F)c(C(=O)Nc2ccc(F)cc2Cl)n1. The largest absolute Gasteiger partial charge is 0.471 e. The van der Waals surface area contributed by atoms with Crippen LogP contribution in [-0.4, -0.2) is 30.7 Å². The van der Waals surface area contributed by atoms with E-state index in [1.165, 1.54) is 0 Å². The molecule has 1 unspecified atom stereocenters. The van der Waals surface area contributed by atoms with Gasteiger partial charge in [0.15, 0.2) is 6.23 Å². The summed E-state index contributed by atoms with van der Waals surface area (Å²) in [7, 11) is -4.86. The van der Waals surface area contributed by atoms with Crippen LogP contribution in [0.25, 0.3) is 0 Å². The van der Waals surface area contributed by atoms with Gasteiger partial charge in [-0.1, -0.05) is 11.6 Å². The first-order chi connectivity index (χ1) is 11.1. The molecule has 0 aliphatic heterocycles. The van der Waals surface area contributed by atoms with E-state index in [4.69, 9.17) is 21.4 Å². The van der Waals surface area contributed by atoms with Crippen molar-refractivity contribution in [3.05, 3.63) is 40.7 Å². The molecule has 1 atom stereocenters. The van der Waals surface area contributed by atoms with Crippen LogP contribution >= 0.6 is 19.4 Å². The van der Waals surface area contributed by atoms with Crippen LogP contribution in [0.3, 0.4) is 0 Å². The molecule has 1 amide bonds. The second-order valence-corrected chi connectivity index (χ2v) is 6.03. The smallest absolute Gasteiger partial charge is 0.319 e. The van der Waals surface area contributed by atoms with E-state index in [1.54, 1.807) is 0 Å². The highest BCUT2D eigenvalue weighted by Crippen LogP contribution is 2.40. The number of carbonyl (C=O) groups excluding carboxylic acids is 1. The topological polar surface area (TPSA) is 127 Å². The molecule has 0 aliphatic carbocycles. The van der Waals surface area contributed by atoms with Crippen LogP contribution in [0.1, 0.15) is 23.6 Å². The molecule has 24 heavy (non-hydrogen) atoms. The van der Waals surface area contributed by atoms with E-state index in [0.29, 0.717) is 4.80 Å². The van der Waals surface area contributed by atoms with Crippen molar-refractivity contribution in [2.24, 2.45) is 0 Å². The van der Waals surface area contributed by atoms with Crippen molar-refractivity contribution in [1.82, 2.24) is 15.0 Å². The Balaban J connectivity index is 2.20. The summed E-state index contributed by atoms with van der Waals surface area (Å²) < 4.78 is 41.7. The van der Waals surface area contributed by atoms with Gasteiger partial charge in [0.2, 0.25) is 5.69 Å². The zero-order valence-electron chi connectivity index (χ0n) is 11.9. The van der Waals surface area contributed by atoms with E-state index in [-0.39, 0.29) is 10.7 Å². The average Bonchev–Trinajstić information content (AvgIpc) is 2.82. The molecule has 0 aliphatic rings. The van der Waals surface area contributed by atoms with Crippen molar-refractivity contribution in [2.45, 2.75) is 13.2 Å². The zero-order chi connectivity index (χ0) is 18.1. The zero-order valence-corrected chi connectivity index (χ0v) is 13.5. The molecule has 1 heterocycles. The number of carbonyl (C=O) groups is 1. The first-order valence-corrected chi connectivity index (χ1v) is 8.10. The molecule has 130 valence electrons. The molecule has 2 rings (SSSR count). The van der Waals surface area contributed by atoms with Gasteiger partial charge < -0.3 is 15.1 Å². The lowest BCUT2D eigenvalue weighted by Gasteiger charge is -2.11. The summed E-state index contributed by atoms with van der Waals surface area (Å²) in [6.45, 7) is 1.14. The number of nitrogens with zero attached hydrogens (tertiary/aromatic N) is 3. The highest BCUT2D eigenvalue weighted by atomic mass is 35.5. The summed E-state index contributed by atoms with van der Waals surface area (Å²) in [5.74, 6) is -2.97. The molecule has 1 aromatic carbocycles. The predicted molar refractivity (Wildman–Crippen MR) is 77.2 cm³/mol. The lowest BCUT2D eigenvalue weighted by molar-refractivity contribution is 0.0753. The first-order valence-electron chi connectivity index (χ1n) is 6.19. The first kappa shape index (κ1) is 18.4. The second-order valence-electron chi connectivity index (χ2n) is 4.43. The van der Waals surface area contributed by atoms with Crippen LogP contribution in [0.5, 0.6) is 0 Å². The molecular formula is C11H10ClF2N4O5P. The molecular weight excluding hydrogens is 373 g/mol. The highest BCUT2D eigenvalue weighted by molar-refractivity contribution is 7.46. The fourth-order valence-electron chi connectivity index (χ4n) is 1.62. The van der Waals surface area contributed by atoms with Crippen molar-refractivity contribution in [1.29, 1.82) is 0 Å². The Morgan fingerprint density at radius 2 is 2.08 bits per heavy atom. The number of anilines is 1. The van der Waals surface area contributed by atoms with Crippen LogP contribution in [0.2, 0.25) is 5.02 Å². The number of halogens is 3. The fourth-order valence-corrected chi connectivity index (χ4v) is 2.31.